The van der Waals surface area contributed by atoms with Crippen LogP contribution in [0.3, 0.4) is 0 Å². The third-order valence-electron chi connectivity index (χ3n) is 2.55. The summed E-state index contributed by atoms with van der Waals surface area (Å²) < 4.78 is 1.37. The van der Waals surface area contributed by atoms with Crippen LogP contribution in [0.2, 0.25) is 5.15 Å². The molecule has 0 aliphatic carbocycles. The van der Waals surface area contributed by atoms with Gasteiger partial charge in [0, 0.05) is 17.8 Å². The van der Waals surface area contributed by atoms with E-state index in [9.17, 15) is 4.79 Å². The molecular weight excluding hydrogens is 238 g/mol. The molecule has 3 aromatic rings. The molecule has 2 aromatic heterocycles. The lowest BCUT2D eigenvalue weighted by Crippen LogP contribution is -2.13. The van der Waals surface area contributed by atoms with Crippen molar-refractivity contribution in [2.24, 2.45) is 0 Å². The highest BCUT2D eigenvalue weighted by atomic mass is 35.5. The molecule has 0 spiro atoms. The quantitative estimate of drug-likeness (QED) is 0.669. The summed E-state index contributed by atoms with van der Waals surface area (Å²) in [6, 6.07) is 11.0. The first-order chi connectivity index (χ1) is 8.25. The molecule has 4 nitrogen and oxygen atoms in total. The highest BCUT2D eigenvalue weighted by Crippen LogP contribution is 2.22. The molecule has 0 bridgehead atoms. The van der Waals surface area contributed by atoms with Crippen LogP contribution in [0.15, 0.2) is 47.4 Å². The Kier molecular flexibility index (Phi) is 2.23. The second-order valence-corrected chi connectivity index (χ2v) is 4.02. The molecule has 0 unspecified atom stereocenters. The molecule has 3 rings (SSSR count). The minimum Gasteiger partial charge on any atom is -0.296 e. The summed E-state index contributed by atoms with van der Waals surface area (Å²) >= 11 is 5.80. The van der Waals surface area contributed by atoms with Gasteiger partial charge in [0.25, 0.3) is 5.56 Å². The van der Waals surface area contributed by atoms with E-state index < -0.39 is 0 Å². The van der Waals surface area contributed by atoms with Crippen molar-refractivity contribution in [2.45, 2.75) is 0 Å². The van der Waals surface area contributed by atoms with Crippen LogP contribution in [0.5, 0.6) is 0 Å². The van der Waals surface area contributed by atoms with Crippen LogP contribution in [-0.2, 0) is 0 Å². The number of aromatic amines is 1. The molecule has 0 aliphatic heterocycles. The molecule has 84 valence electrons. The fourth-order valence-electron chi connectivity index (χ4n) is 1.78. The average molecular weight is 246 g/mol. The first kappa shape index (κ1) is 10.1. The van der Waals surface area contributed by atoms with E-state index in [4.69, 9.17) is 11.6 Å². The van der Waals surface area contributed by atoms with Crippen LogP contribution in [0.25, 0.3) is 16.8 Å². The number of benzene rings is 1. The lowest BCUT2D eigenvalue weighted by molar-refractivity contribution is 0.899. The Morgan fingerprint density at radius 1 is 1.24 bits per heavy atom. The lowest BCUT2D eigenvalue weighted by Gasteiger charge is -1.98. The molecular formula is C12H8ClN3O. The Hall–Kier alpha value is -2.07. The van der Waals surface area contributed by atoms with Crippen molar-refractivity contribution >= 4 is 17.2 Å². The minimum absolute atomic E-state index is 0.201. The number of H-pyrrole nitrogens is 1. The van der Waals surface area contributed by atoms with Crippen LogP contribution in [0, 0.1) is 0 Å². The molecule has 0 atom stereocenters. The zero-order valence-electron chi connectivity index (χ0n) is 8.72. The minimum atomic E-state index is -0.220. The van der Waals surface area contributed by atoms with Gasteiger partial charge in [-0.05, 0) is 5.56 Å². The Balaban J connectivity index is 2.36. The highest BCUT2D eigenvalue weighted by molar-refractivity contribution is 6.29. The zero-order valence-corrected chi connectivity index (χ0v) is 9.48. The molecule has 17 heavy (non-hydrogen) atoms. The van der Waals surface area contributed by atoms with Gasteiger partial charge in [-0.1, -0.05) is 41.9 Å². The summed E-state index contributed by atoms with van der Waals surface area (Å²) in [4.78, 5) is 15.8. The second kappa shape index (κ2) is 3.75. The summed E-state index contributed by atoms with van der Waals surface area (Å²) in [6.07, 6.45) is 1.75. The maximum atomic E-state index is 11.7. The van der Waals surface area contributed by atoms with E-state index in [2.05, 4.69) is 10.1 Å². The number of hydrogen-bond donors (Lipinski definition) is 1. The van der Waals surface area contributed by atoms with Crippen LogP contribution < -0.4 is 5.56 Å². The maximum Gasteiger partial charge on any atom is 0.274 e. The third-order valence-corrected chi connectivity index (χ3v) is 2.74. The van der Waals surface area contributed by atoms with E-state index in [1.165, 1.54) is 10.6 Å². The Bertz CT molecular complexity index is 730. The van der Waals surface area contributed by atoms with Gasteiger partial charge >= 0.3 is 0 Å². The van der Waals surface area contributed by atoms with Crippen LogP contribution >= 0.6 is 11.6 Å². The molecule has 1 N–H and O–H groups in total. The van der Waals surface area contributed by atoms with Crippen molar-refractivity contribution < 1.29 is 0 Å². The van der Waals surface area contributed by atoms with Gasteiger partial charge in [0.05, 0.1) is 0 Å². The molecule has 0 saturated heterocycles. The topological polar surface area (TPSA) is 50.2 Å². The fraction of sp³-hybridized carbons (Fsp3) is 0. The lowest BCUT2D eigenvalue weighted by atomic mass is 10.1. The van der Waals surface area contributed by atoms with E-state index in [1.54, 1.807) is 6.20 Å². The Labute approximate surface area is 101 Å². The van der Waals surface area contributed by atoms with Crippen molar-refractivity contribution in [1.29, 1.82) is 0 Å². The van der Waals surface area contributed by atoms with Crippen molar-refractivity contribution in [1.82, 2.24) is 14.6 Å². The maximum absolute atomic E-state index is 11.7. The second-order valence-electron chi connectivity index (χ2n) is 3.63. The van der Waals surface area contributed by atoms with Gasteiger partial charge in [0.1, 0.15) is 5.15 Å². The summed E-state index contributed by atoms with van der Waals surface area (Å²) in [7, 11) is 0. The van der Waals surface area contributed by atoms with Gasteiger partial charge in [-0.15, -0.1) is 0 Å². The summed E-state index contributed by atoms with van der Waals surface area (Å²) in [5.41, 5.74) is 2.15. The standard InChI is InChI=1S/C12H8ClN3O/c13-10-6-11(17)16-12(15-10)9(7-14-16)8-4-2-1-3-5-8/h1-7,14H. The Morgan fingerprint density at radius 2 is 2.00 bits per heavy atom. The van der Waals surface area contributed by atoms with Gasteiger partial charge in [-0.25, -0.2) is 9.50 Å². The molecule has 0 amide bonds. The van der Waals surface area contributed by atoms with Gasteiger partial charge in [0.15, 0.2) is 5.65 Å². The van der Waals surface area contributed by atoms with Gasteiger partial charge in [-0.2, -0.15) is 0 Å². The number of hydrogen-bond acceptors (Lipinski definition) is 2. The first-order valence-electron chi connectivity index (χ1n) is 5.08. The largest absolute Gasteiger partial charge is 0.296 e. The highest BCUT2D eigenvalue weighted by Gasteiger charge is 2.09. The number of nitrogens with zero attached hydrogens (tertiary/aromatic N) is 2. The molecule has 2 heterocycles. The molecule has 0 fully saturated rings. The molecule has 0 aliphatic rings. The summed E-state index contributed by atoms with van der Waals surface area (Å²) in [5.74, 6) is 0. The van der Waals surface area contributed by atoms with E-state index in [0.29, 0.717) is 5.65 Å². The molecule has 0 saturated carbocycles. The number of nitrogens with one attached hydrogen (secondary N) is 1. The van der Waals surface area contributed by atoms with Crippen LogP contribution in [0.1, 0.15) is 0 Å². The molecule has 1 aromatic carbocycles. The first-order valence-corrected chi connectivity index (χ1v) is 5.45. The van der Waals surface area contributed by atoms with Gasteiger partial charge in [0.2, 0.25) is 0 Å². The zero-order chi connectivity index (χ0) is 11.8. The summed E-state index contributed by atoms with van der Waals surface area (Å²) in [5, 5.41) is 3.07. The van der Waals surface area contributed by atoms with E-state index in [1.807, 2.05) is 30.3 Å². The number of rotatable bonds is 1. The van der Waals surface area contributed by atoms with Crippen LogP contribution in [0.4, 0.5) is 0 Å². The predicted octanol–water partition coefficient (Wildman–Crippen LogP) is 2.34. The third kappa shape index (κ3) is 1.62. The van der Waals surface area contributed by atoms with Gasteiger partial charge < -0.3 is 0 Å². The Morgan fingerprint density at radius 3 is 2.76 bits per heavy atom. The number of halogens is 1. The van der Waals surface area contributed by atoms with E-state index in [0.717, 1.165) is 11.1 Å². The summed E-state index contributed by atoms with van der Waals surface area (Å²) in [6.45, 7) is 0. The van der Waals surface area contributed by atoms with Crippen molar-refractivity contribution in [2.75, 3.05) is 0 Å². The average Bonchev–Trinajstić information content (AvgIpc) is 2.74. The van der Waals surface area contributed by atoms with Crippen molar-refractivity contribution in [3.63, 3.8) is 0 Å². The smallest absolute Gasteiger partial charge is 0.274 e. The molecule has 5 heteroatoms. The number of fused-ring (bicyclic) bond motifs is 1. The van der Waals surface area contributed by atoms with E-state index >= 15 is 0 Å². The normalized spacial score (nSPS) is 10.9. The number of aromatic nitrogens is 3. The SMILES string of the molecule is O=c1cc(Cl)nc2c(-c3ccccc3)c[nH]n12. The van der Waals surface area contributed by atoms with Crippen molar-refractivity contribution in [3.05, 3.63) is 58.1 Å². The monoisotopic (exact) mass is 245 g/mol. The van der Waals surface area contributed by atoms with Crippen molar-refractivity contribution in [3.8, 4) is 11.1 Å². The van der Waals surface area contributed by atoms with Gasteiger partial charge in [-0.3, -0.25) is 9.89 Å². The fourth-order valence-corrected chi connectivity index (χ4v) is 1.96. The predicted molar refractivity (Wildman–Crippen MR) is 66.3 cm³/mol. The van der Waals surface area contributed by atoms with Crippen LogP contribution in [-0.4, -0.2) is 14.6 Å². The van der Waals surface area contributed by atoms with E-state index in [-0.39, 0.29) is 10.7 Å². The molecule has 0 radical (unpaired) electrons.